The molecule has 2 saturated heterocycles. The fraction of sp³-hybridized carbons (Fsp3) is 0.389. The van der Waals surface area contributed by atoms with E-state index in [-0.39, 0.29) is 6.03 Å². The summed E-state index contributed by atoms with van der Waals surface area (Å²) in [5.41, 5.74) is 0. The van der Waals surface area contributed by atoms with Crippen molar-refractivity contribution in [2.24, 2.45) is 11.8 Å². The van der Waals surface area contributed by atoms with Crippen molar-refractivity contribution in [3.63, 3.8) is 0 Å². The maximum Gasteiger partial charge on any atom is 0.323 e. The van der Waals surface area contributed by atoms with E-state index in [2.05, 4.69) is 30.3 Å². The van der Waals surface area contributed by atoms with Crippen molar-refractivity contribution < 1.29 is 4.79 Å². The molecule has 0 spiro atoms. The number of anilines is 2. The van der Waals surface area contributed by atoms with Crippen molar-refractivity contribution >= 4 is 28.3 Å². The smallest absolute Gasteiger partial charge is 0.323 e. The number of likely N-dealkylation sites (tertiary alicyclic amines) is 1. The highest BCUT2D eigenvalue weighted by Crippen LogP contribution is 2.34. The van der Waals surface area contributed by atoms with Gasteiger partial charge in [-0.15, -0.1) is 11.3 Å². The molecular weight excluding hydrogens is 376 g/mol. The number of rotatable bonds is 3. The summed E-state index contributed by atoms with van der Waals surface area (Å²) in [6.07, 6.45) is 6.95. The Morgan fingerprint density at radius 3 is 2.61 bits per heavy atom. The molecule has 144 valence electrons. The zero-order valence-corrected chi connectivity index (χ0v) is 16.2. The number of nitrogens with zero attached hydrogens (tertiary/aromatic N) is 7. The Bertz CT molecular complexity index is 973. The van der Waals surface area contributed by atoms with Gasteiger partial charge in [0.15, 0.2) is 10.9 Å². The molecule has 3 aromatic heterocycles. The number of amides is 2. The minimum Gasteiger partial charge on any atom is -0.356 e. The minimum absolute atomic E-state index is 0.0571. The highest BCUT2D eigenvalue weighted by atomic mass is 32.1. The monoisotopic (exact) mass is 396 g/mol. The molecule has 2 unspecified atom stereocenters. The first kappa shape index (κ1) is 17.1. The predicted molar refractivity (Wildman–Crippen MR) is 106 cm³/mol. The van der Waals surface area contributed by atoms with E-state index in [1.165, 1.54) is 11.3 Å². The molecule has 0 saturated carbocycles. The van der Waals surface area contributed by atoms with Crippen molar-refractivity contribution in [2.75, 3.05) is 36.4 Å². The molecule has 0 radical (unpaired) electrons. The number of aryl methyl sites for hydroxylation is 1. The summed E-state index contributed by atoms with van der Waals surface area (Å²) >= 11 is 1.49. The van der Waals surface area contributed by atoms with Crippen LogP contribution < -0.4 is 10.2 Å². The van der Waals surface area contributed by atoms with Crippen LogP contribution in [0.5, 0.6) is 0 Å². The van der Waals surface area contributed by atoms with Gasteiger partial charge in [0.2, 0.25) is 0 Å². The van der Waals surface area contributed by atoms with Crippen LogP contribution in [0.25, 0.3) is 5.82 Å². The fourth-order valence-corrected chi connectivity index (χ4v) is 4.62. The van der Waals surface area contributed by atoms with Gasteiger partial charge in [0.05, 0.1) is 0 Å². The zero-order chi connectivity index (χ0) is 19.1. The summed E-state index contributed by atoms with van der Waals surface area (Å²) < 4.78 is 1.73. The maximum atomic E-state index is 12.5. The minimum atomic E-state index is -0.0571. The lowest BCUT2D eigenvalue weighted by atomic mass is 10.0. The van der Waals surface area contributed by atoms with Crippen LogP contribution in [0.2, 0.25) is 0 Å². The van der Waals surface area contributed by atoms with E-state index in [4.69, 9.17) is 0 Å². The quantitative estimate of drug-likeness (QED) is 0.728. The van der Waals surface area contributed by atoms with E-state index >= 15 is 0 Å². The summed E-state index contributed by atoms with van der Waals surface area (Å²) in [4.78, 5) is 30.7. The number of aromatic nitrogens is 5. The molecule has 2 aliphatic rings. The number of hydrogen-bond acceptors (Lipinski definition) is 7. The Morgan fingerprint density at radius 1 is 1.14 bits per heavy atom. The molecule has 9 nitrogen and oxygen atoms in total. The number of carbonyl (C=O) groups is 1. The van der Waals surface area contributed by atoms with Crippen LogP contribution in [0.3, 0.4) is 0 Å². The summed E-state index contributed by atoms with van der Waals surface area (Å²) in [6, 6.07) is 3.77. The van der Waals surface area contributed by atoms with Gasteiger partial charge in [-0.05, 0) is 13.0 Å². The summed E-state index contributed by atoms with van der Waals surface area (Å²) in [7, 11) is 0. The summed E-state index contributed by atoms with van der Waals surface area (Å²) in [5.74, 6) is 2.56. The van der Waals surface area contributed by atoms with Crippen LogP contribution >= 0.6 is 11.3 Å². The van der Waals surface area contributed by atoms with E-state index in [0.717, 1.165) is 42.7 Å². The third-order valence-corrected chi connectivity index (χ3v) is 6.14. The second-order valence-electron chi connectivity index (χ2n) is 7.22. The van der Waals surface area contributed by atoms with Crippen molar-refractivity contribution in [2.45, 2.75) is 6.92 Å². The van der Waals surface area contributed by atoms with Crippen LogP contribution in [-0.4, -0.2) is 61.8 Å². The van der Waals surface area contributed by atoms with Crippen LogP contribution in [0.15, 0.2) is 37.1 Å². The third kappa shape index (κ3) is 3.19. The highest BCUT2D eigenvalue weighted by Gasteiger charge is 2.42. The van der Waals surface area contributed by atoms with Gasteiger partial charge < -0.3 is 9.80 Å². The molecule has 10 heteroatoms. The first-order valence-corrected chi connectivity index (χ1v) is 10.0. The molecule has 2 amide bonds. The Morgan fingerprint density at radius 2 is 1.93 bits per heavy atom. The van der Waals surface area contributed by atoms with Crippen LogP contribution in [0, 0.1) is 18.8 Å². The van der Waals surface area contributed by atoms with Crippen LogP contribution in [-0.2, 0) is 0 Å². The number of thiazole rings is 1. The fourth-order valence-electron chi connectivity index (χ4n) is 3.97. The second kappa shape index (κ2) is 6.86. The lowest BCUT2D eigenvalue weighted by molar-refractivity contribution is 0.219. The topological polar surface area (TPSA) is 92.1 Å². The summed E-state index contributed by atoms with van der Waals surface area (Å²) in [6.45, 7) is 5.27. The molecule has 2 fully saturated rings. The number of urea groups is 1. The van der Waals surface area contributed by atoms with Gasteiger partial charge >= 0.3 is 6.03 Å². The van der Waals surface area contributed by atoms with Gasteiger partial charge in [-0.1, -0.05) is 0 Å². The number of nitrogens with one attached hydrogen (secondary N) is 1. The average molecular weight is 396 g/mol. The highest BCUT2D eigenvalue weighted by molar-refractivity contribution is 7.15. The Labute approximate surface area is 166 Å². The van der Waals surface area contributed by atoms with Crippen LogP contribution in [0.4, 0.5) is 15.7 Å². The van der Waals surface area contributed by atoms with Gasteiger partial charge in [-0.25, -0.2) is 24.4 Å². The lowest BCUT2D eigenvalue weighted by Crippen LogP contribution is -2.36. The zero-order valence-electron chi connectivity index (χ0n) is 15.4. The van der Waals surface area contributed by atoms with Crippen LogP contribution in [0.1, 0.15) is 4.88 Å². The SMILES string of the molecule is Cc1cnc(NC(=O)N2CC3CN(c4cc(-n5cccn5)ncn4)CC3C2)s1. The Hall–Kier alpha value is -3.01. The molecule has 5 heterocycles. The molecule has 2 atom stereocenters. The number of fused-ring (bicyclic) bond motifs is 1. The van der Waals surface area contributed by atoms with Gasteiger partial charge in [0.25, 0.3) is 0 Å². The van der Waals surface area contributed by atoms with Crippen molar-refractivity contribution in [3.05, 3.63) is 41.9 Å². The van der Waals surface area contributed by atoms with Gasteiger partial charge in [0.1, 0.15) is 12.1 Å². The molecule has 0 bridgehead atoms. The van der Waals surface area contributed by atoms with E-state index < -0.39 is 0 Å². The first-order valence-electron chi connectivity index (χ1n) is 9.21. The largest absolute Gasteiger partial charge is 0.356 e. The molecular formula is C18H20N8OS. The number of hydrogen-bond donors (Lipinski definition) is 1. The standard InChI is InChI=1S/C18H20N8OS/c1-12-6-19-17(28-12)23-18(27)25-9-13-7-24(8-14(13)10-25)15-5-16(21-11-20-15)26-4-2-3-22-26/h2-6,11,13-14H,7-10H2,1H3,(H,19,23,27). The van der Waals surface area contributed by atoms with Gasteiger partial charge in [-0.2, -0.15) is 5.10 Å². The normalized spacial score (nSPS) is 21.2. The van der Waals surface area contributed by atoms with Gasteiger partial charge in [0, 0.05) is 67.5 Å². The lowest BCUT2D eigenvalue weighted by Gasteiger charge is -2.22. The van der Waals surface area contributed by atoms with Crippen molar-refractivity contribution in [3.8, 4) is 5.82 Å². The van der Waals surface area contributed by atoms with Crippen molar-refractivity contribution in [1.82, 2.24) is 29.6 Å². The second-order valence-corrected chi connectivity index (χ2v) is 8.46. The molecule has 28 heavy (non-hydrogen) atoms. The molecule has 0 aromatic carbocycles. The Balaban J connectivity index is 1.23. The summed E-state index contributed by atoms with van der Waals surface area (Å²) in [5, 5.41) is 7.80. The number of carbonyl (C=O) groups excluding carboxylic acids is 1. The maximum absolute atomic E-state index is 12.5. The van der Waals surface area contributed by atoms with E-state index in [1.54, 1.807) is 23.4 Å². The van der Waals surface area contributed by atoms with Gasteiger partial charge in [-0.3, -0.25) is 5.32 Å². The first-order chi connectivity index (χ1) is 13.7. The molecule has 5 rings (SSSR count). The van der Waals surface area contributed by atoms with E-state index in [9.17, 15) is 4.79 Å². The Kier molecular flexibility index (Phi) is 4.19. The predicted octanol–water partition coefficient (Wildman–Crippen LogP) is 2.03. The average Bonchev–Trinajstić information content (AvgIpc) is 3.46. The van der Waals surface area contributed by atoms with E-state index in [1.807, 2.05) is 30.2 Å². The molecule has 2 aliphatic heterocycles. The molecule has 1 N–H and O–H groups in total. The van der Waals surface area contributed by atoms with Crippen molar-refractivity contribution in [1.29, 1.82) is 0 Å². The third-order valence-electron chi connectivity index (χ3n) is 5.31. The molecule has 0 aliphatic carbocycles. The molecule has 3 aromatic rings. The van der Waals surface area contributed by atoms with E-state index in [0.29, 0.717) is 17.0 Å².